The van der Waals surface area contributed by atoms with Gasteiger partial charge in [0.1, 0.15) is 0 Å². The SMILES string of the molecule is COc1cc(C(Cl)c2ccc3[nH]c(=O)oc3c2)ccc1F. The summed E-state index contributed by atoms with van der Waals surface area (Å²) in [6.07, 6.45) is 0. The molecule has 1 heterocycles. The fourth-order valence-corrected chi connectivity index (χ4v) is 2.42. The van der Waals surface area contributed by atoms with Crippen LogP contribution >= 0.6 is 11.6 Å². The van der Waals surface area contributed by atoms with Crippen LogP contribution in [-0.2, 0) is 0 Å². The fourth-order valence-electron chi connectivity index (χ4n) is 2.15. The summed E-state index contributed by atoms with van der Waals surface area (Å²) in [5, 5.41) is -0.510. The van der Waals surface area contributed by atoms with Crippen molar-refractivity contribution in [2.24, 2.45) is 0 Å². The second kappa shape index (κ2) is 5.26. The van der Waals surface area contributed by atoms with Gasteiger partial charge in [-0.1, -0.05) is 12.1 Å². The number of H-pyrrole nitrogens is 1. The number of rotatable bonds is 3. The molecule has 0 aliphatic heterocycles. The highest BCUT2D eigenvalue weighted by atomic mass is 35.5. The minimum atomic E-state index is -0.517. The lowest BCUT2D eigenvalue weighted by molar-refractivity contribution is 0.386. The van der Waals surface area contributed by atoms with E-state index in [0.717, 1.165) is 5.56 Å². The van der Waals surface area contributed by atoms with Crippen molar-refractivity contribution in [3.8, 4) is 5.75 Å². The van der Waals surface area contributed by atoms with Gasteiger partial charge in [0.25, 0.3) is 0 Å². The molecule has 0 aliphatic rings. The molecule has 3 rings (SSSR count). The minimum absolute atomic E-state index is 0.132. The summed E-state index contributed by atoms with van der Waals surface area (Å²) in [5.74, 6) is -0.832. The van der Waals surface area contributed by atoms with Gasteiger partial charge in [0.2, 0.25) is 0 Å². The summed E-state index contributed by atoms with van der Waals surface area (Å²) < 4.78 is 23.4. The Balaban J connectivity index is 2.02. The predicted molar refractivity (Wildman–Crippen MR) is 77.5 cm³/mol. The predicted octanol–water partition coefficient (Wildman–Crippen LogP) is 3.60. The summed E-state index contributed by atoms with van der Waals surface area (Å²) in [5.41, 5.74) is 2.45. The summed E-state index contributed by atoms with van der Waals surface area (Å²) in [6.45, 7) is 0. The molecule has 0 fully saturated rings. The van der Waals surface area contributed by atoms with Crippen LogP contribution in [0.1, 0.15) is 16.5 Å². The Morgan fingerprint density at radius 1 is 1.24 bits per heavy atom. The standard InChI is InChI=1S/C15H11ClFNO3/c1-20-12-6-8(2-4-10(12)17)14(16)9-3-5-11-13(7-9)21-15(19)18-11/h2-7,14H,1H3,(H,18,19). The monoisotopic (exact) mass is 307 g/mol. The molecule has 1 atom stereocenters. The fraction of sp³-hybridized carbons (Fsp3) is 0.133. The van der Waals surface area contributed by atoms with Crippen molar-refractivity contribution < 1.29 is 13.5 Å². The third kappa shape index (κ3) is 2.52. The molecule has 0 aliphatic carbocycles. The smallest absolute Gasteiger partial charge is 0.417 e. The molecule has 4 nitrogen and oxygen atoms in total. The number of oxazole rings is 1. The van der Waals surface area contributed by atoms with Crippen LogP contribution in [0, 0.1) is 5.82 Å². The summed E-state index contributed by atoms with van der Waals surface area (Å²) >= 11 is 6.41. The Bertz CT molecular complexity index is 855. The van der Waals surface area contributed by atoms with Crippen molar-refractivity contribution in [2.75, 3.05) is 7.11 Å². The molecule has 1 unspecified atom stereocenters. The quantitative estimate of drug-likeness (QED) is 0.752. The largest absolute Gasteiger partial charge is 0.494 e. The van der Waals surface area contributed by atoms with Crippen LogP contribution in [0.4, 0.5) is 4.39 Å². The topological polar surface area (TPSA) is 55.2 Å². The summed E-state index contributed by atoms with van der Waals surface area (Å²) in [6, 6.07) is 9.61. The zero-order valence-electron chi connectivity index (χ0n) is 11.0. The van der Waals surface area contributed by atoms with E-state index in [4.69, 9.17) is 20.8 Å². The number of methoxy groups -OCH3 is 1. The third-order valence-electron chi connectivity index (χ3n) is 3.21. The number of fused-ring (bicyclic) bond motifs is 1. The lowest BCUT2D eigenvalue weighted by Gasteiger charge is -2.12. The Morgan fingerprint density at radius 2 is 1.95 bits per heavy atom. The molecule has 2 aromatic carbocycles. The maximum Gasteiger partial charge on any atom is 0.417 e. The molecule has 0 radical (unpaired) electrons. The van der Waals surface area contributed by atoms with Crippen molar-refractivity contribution in [2.45, 2.75) is 5.38 Å². The molecule has 21 heavy (non-hydrogen) atoms. The molecule has 0 bridgehead atoms. The van der Waals surface area contributed by atoms with E-state index in [9.17, 15) is 9.18 Å². The molecular weight excluding hydrogens is 297 g/mol. The van der Waals surface area contributed by atoms with Crippen LogP contribution in [0.15, 0.2) is 45.6 Å². The average molecular weight is 308 g/mol. The van der Waals surface area contributed by atoms with E-state index in [1.165, 1.54) is 13.2 Å². The van der Waals surface area contributed by atoms with Gasteiger partial charge in [-0.25, -0.2) is 9.18 Å². The Kier molecular flexibility index (Phi) is 3.43. The number of aromatic nitrogens is 1. The minimum Gasteiger partial charge on any atom is -0.494 e. The number of ether oxygens (including phenoxy) is 1. The highest BCUT2D eigenvalue weighted by molar-refractivity contribution is 6.22. The van der Waals surface area contributed by atoms with Gasteiger partial charge in [-0.2, -0.15) is 0 Å². The lowest BCUT2D eigenvalue weighted by atomic mass is 10.0. The first kappa shape index (κ1) is 13.7. The van der Waals surface area contributed by atoms with E-state index >= 15 is 0 Å². The number of nitrogens with one attached hydrogen (secondary N) is 1. The van der Waals surface area contributed by atoms with Crippen LogP contribution < -0.4 is 10.5 Å². The summed E-state index contributed by atoms with van der Waals surface area (Å²) in [7, 11) is 1.39. The maximum atomic E-state index is 13.4. The van der Waals surface area contributed by atoms with Gasteiger partial charge in [0.15, 0.2) is 17.1 Å². The zero-order valence-corrected chi connectivity index (χ0v) is 11.8. The maximum absolute atomic E-state index is 13.4. The molecule has 1 aromatic heterocycles. The number of halogens is 2. The van der Waals surface area contributed by atoms with Crippen LogP contribution in [-0.4, -0.2) is 12.1 Å². The Morgan fingerprint density at radius 3 is 2.71 bits per heavy atom. The first-order chi connectivity index (χ1) is 10.1. The first-order valence-electron chi connectivity index (χ1n) is 6.19. The van der Waals surface area contributed by atoms with Gasteiger partial charge in [0, 0.05) is 0 Å². The van der Waals surface area contributed by atoms with Gasteiger partial charge in [-0.05, 0) is 35.4 Å². The molecule has 6 heteroatoms. The van der Waals surface area contributed by atoms with E-state index in [0.29, 0.717) is 16.7 Å². The molecule has 0 saturated carbocycles. The highest BCUT2D eigenvalue weighted by Crippen LogP contribution is 2.33. The van der Waals surface area contributed by atoms with Gasteiger partial charge >= 0.3 is 5.76 Å². The summed E-state index contributed by atoms with van der Waals surface area (Å²) in [4.78, 5) is 13.7. The molecule has 3 aromatic rings. The van der Waals surface area contributed by atoms with Gasteiger partial charge in [0.05, 0.1) is 18.0 Å². The normalized spacial score (nSPS) is 12.5. The van der Waals surface area contributed by atoms with Gasteiger partial charge < -0.3 is 9.15 Å². The molecule has 0 saturated heterocycles. The molecule has 0 amide bonds. The van der Waals surface area contributed by atoms with Crippen molar-refractivity contribution in [1.29, 1.82) is 0 Å². The average Bonchev–Trinajstić information content (AvgIpc) is 2.86. The second-order valence-corrected chi connectivity index (χ2v) is 4.96. The highest BCUT2D eigenvalue weighted by Gasteiger charge is 2.15. The third-order valence-corrected chi connectivity index (χ3v) is 3.71. The lowest BCUT2D eigenvalue weighted by Crippen LogP contribution is -1.96. The van der Waals surface area contributed by atoms with E-state index in [2.05, 4.69) is 4.98 Å². The molecule has 108 valence electrons. The van der Waals surface area contributed by atoms with Crippen molar-refractivity contribution in [3.63, 3.8) is 0 Å². The molecular formula is C15H11ClFNO3. The Labute approximate surface area is 124 Å². The van der Waals surface area contributed by atoms with Crippen molar-refractivity contribution in [1.82, 2.24) is 4.98 Å². The number of benzene rings is 2. The number of hydrogen-bond acceptors (Lipinski definition) is 3. The van der Waals surface area contributed by atoms with Crippen molar-refractivity contribution >= 4 is 22.7 Å². The Hall–Kier alpha value is -2.27. The van der Waals surface area contributed by atoms with E-state index < -0.39 is 17.0 Å². The number of hydrogen-bond donors (Lipinski definition) is 1. The van der Waals surface area contributed by atoms with Crippen LogP contribution in [0.3, 0.4) is 0 Å². The van der Waals surface area contributed by atoms with Crippen LogP contribution in [0.2, 0.25) is 0 Å². The number of alkyl halides is 1. The van der Waals surface area contributed by atoms with Crippen molar-refractivity contribution in [3.05, 3.63) is 63.9 Å². The molecule has 0 spiro atoms. The van der Waals surface area contributed by atoms with Crippen LogP contribution in [0.25, 0.3) is 11.1 Å². The van der Waals surface area contributed by atoms with E-state index in [1.807, 2.05) is 0 Å². The van der Waals surface area contributed by atoms with Gasteiger partial charge in [-0.3, -0.25) is 4.98 Å². The molecule has 1 N–H and O–H groups in total. The first-order valence-corrected chi connectivity index (χ1v) is 6.62. The zero-order chi connectivity index (χ0) is 15.0. The number of aromatic amines is 1. The van der Waals surface area contributed by atoms with Crippen LogP contribution in [0.5, 0.6) is 5.75 Å². The van der Waals surface area contributed by atoms with E-state index in [-0.39, 0.29) is 5.75 Å². The van der Waals surface area contributed by atoms with Gasteiger partial charge in [-0.15, -0.1) is 11.6 Å². The van der Waals surface area contributed by atoms with E-state index in [1.54, 1.807) is 30.3 Å². The second-order valence-electron chi connectivity index (χ2n) is 4.53.